The van der Waals surface area contributed by atoms with Gasteiger partial charge in [0.2, 0.25) is 0 Å². The second kappa shape index (κ2) is 11.1. The Morgan fingerprint density at radius 2 is 1.80 bits per heavy atom. The summed E-state index contributed by atoms with van der Waals surface area (Å²) >= 11 is 0. The van der Waals surface area contributed by atoms with Crippen molar-refractivity contribution < 1.29 is 37.0 Å². The highest BCUT2D eigenvalue weighted by Crippen LogP contribution is 2.41. The summed E-state index contributed by atoms with van der Waals surface area (Å²) in [4.78, 5) is 28.0. The standard InChI is InChI=1S/C28H21F2N5O2.C2HF3O2/c1-3-19-22(29)7-4-14-8-18(36)10-20(23(14)19)24-15(11-31)9-21-26(25(24)30)34(2)28(37)33-27(21)35-12-16-5-6-17(13-35)32-16;3-2(4,5)1(6)7/h1,4,7-10,16-17,32,36H,5-6,12-13H2,2H3;(H,6,7). The van der Waals surface area contributed by atoms with Crippen LogP contribution in [0.4, 0.5) is 27.8 Å². The summed E-state index contributed by atoms with van der Waals surface area (Å²) in [5.41, 5.74) is -0.959. The Hall–Kier alpha value is -5.21. The number of carboxylic acid groups (broad SMARTS) is 1. The van der Waals surface area contributed by atoms with Crippen LogP contribution in [-0.2, 0) is 11.8 Å². The van der Waals surface area contributed by atoms with Crippen LogP contribution in [0.2, 0.25) is 0 Å². The number of carboxylic acids is 1. The molecule has 2 bridgehead atoms. The van der Waals surface area contributed by atoms with Crippen LogP contribution in [0.25, 0.3) is 32.8 Å². The number of anilines is 1. The molecule has 3 aromatic carbocycles. The van der Waals surface area contributed by atoms with Crippen molar-refractivity contribution in [3.63, 3.8) is 0 Å². The van der Waals surface area contributed by atoms with Crippen LogP contribution in [0.1, 0.15) is 24.0 Å². The number of benzene rings is 3. The van der Waals surface area contributed by atoms with E-state index in [1.807, 2.05) is 11.0 Å². The number of phenols is 1. The number of carbonyl (C=O) groups is 1. The molecule has 3 heterocycles. The van der Waals surface area contributed by atoms with Gasteiger partial charge in [0.15, 0.2) is 5.82 Å². The lowest BCUT2D eigenvalue weighted by atomic mass is 9.90. The lowest BCUT2D eigenvalue weighted by Crippen LogP contribution is -2.51. The SMILES string of the molecule is C#Cc1c(F)ccc2cc(O)cc(-c3c(C#N)cc4c(N5CC6CCC(C5)N6)nc(=O)n(C)c4c3F)c12.O=C(O)C(F)(F)F. The number of aliphatic carboxylic acids is 1. The van der Waals surface area contributed by atoms with Crippen LogP contribution >= 0.6 is 0 Å². The third-order valence-corrected chi connectivity index (χ3v) is 7.65. The number of terminal acetylenes is 1. The molecular weight excluding hydrogens is 589 g/mol. The molecule has 2 atom stereocenters. The number of alkyl halides is 3. The Morgan fingerprint density at radius 1 is 1.16 bits per heavy atom. The minimum atomic E-state index is -5.08. The third-order valence-electron chi connectivity index (χ3n) is 7.65. The predicted molar refractivity (Wildman–Crippen MR) is 150 cm³/mol. The topological polar surface area (TPSA) is 131 Å². The molecule has 0 saturated carbocycles. The van der Waals surface area contributed by atoms with Gasteiger partial charge in [-0.3, -0.25) is 4.57 Å². The van der Waals surface area contributed by atoms with Crippen molar-refractivity contribution in [1.29, 1.82) is 5.26 Å². The van der Waals surface area contributed by atoms with E-state index in [-0.39, 0.29) is 51.0 Å². The Balaban J connectivity index is 0.000000493. The largest absolute Gasteiger partial charge is 0.508 e. The highest BCUT2D eigenvalue weighted by molar-refractivity contribution is 6.05. The number of phenolic OH excluding ortho intramolecular Hbond substituents is 1. The summed E-state index contributed by atoms with van der Waals surface area (Å²) in [6.45, 7) is 1.22. The summed E-state index contributed by atoms with van der Waals surface area (Å²) in [5.74, 6) is -1.87. The van der Waals surface area contributed by atoms with Gasteiger partial charge in [0, 0.05) is 48.6 Å². The summed E-state index contributed by atoms with van der Waals surface area (Å²) in [5, 5.41) is 32.1. The number of halogens is 5. The van der Waals surface area contributed by atoms with Crippen molar-refractivity contribution >= 4 is 33.5 Å². The molecule has 6 rings (SSSR count). The molecule has 3 N–H and O–H groups in total. The van der Waals surface area contributed by atoms with Crippen molar-refractivity contribution in [3.8, 4) is 35.3 Å². The number of fused-ring (bicyclic) bond motifs is 4. The fraction of sp³-hybridized carbons (Fsp3) is 0.267. The number of aromatic nitrogens is 2. The Morgan fingerprint density at radius 3 is 2.36 bits per heavy atom. The first-order chi connectivity index (χ1) is 20.7. The van der Waals surface area contributed by atoms with E-state index in [1.165, 1.54) is 37.4 Å². The number of rotatable bonds is 2. The van der Waals surface area contributed by atoms with E-state index in [0.29, 0.717) is 29.7 Å². The first-order valence-corrected chi connectivity index (χ1v) is 13.1. The van der Waals surface area contributed by atoms with Crippen molar-refractivity contribution in [2.24, 2.45) is 7.05 Å². The van der Waals surface area contributed by atoms with Crippen molar-refractivity contribution in [2.75, 3.05) is 18.0 Å². The van der Waals surface area contributed by atoms with Crippen LogP contribution in [0, 0.1) is 35.3 Å². The van der Waals surface area contributed by atoms with Gasteiger partial charge in [-0.1, -0.05) is 12.0 Å². The molecule has 2 aliphatic heterocycles. The number of nitriles is 1. The molecular formula is C30H22F5N5O4. The van der Waals surface area contributed by atoms with Gasteiger partial charge in [-0.25, -0.2) is 18.4 Å². The molecule has 44 heavy (non-hydrogen) atoms. The van der Waals surface area contributed by atoms with Gasteiger partial charge in [0.1, 0.15) is 17.4 Å². The molecule has 14 heteroatoms. The van der Waals surface area contributed by atoms with Crippen LogP contribution in [0.3, 0.4) is 0 Å². The first kappa shape index (κ1) is 30.3. The van der Waals surface area contributed by atoms with Gasteiger partial charge in [0.25, 0.3) is 0 Å². The Bertz CT molecular complexity index is 1980. The molecule has 0 spiro atoms. The predicted octanol–water partition coefficient (Wildman–Crippen LogP) is 4.16. The molecule has 2 saturated heterocycles. The van der Waals surface area contributed by atoms with E-state index in [1.54, 1.807) is 0 Å². The summed E-state index contributed by atoms with van der Waals surface area (Å²) in [6, 6.07) is 9.28. The molecule has 0 amide bonds. The summed E-state index contributed by atoms with van der Waals surface area (Å²) in [7, 11) is 1.41. The number of aromatic hydroxyl groups is 1. The molecule has 1 aromatic heterocycles. The maximum atomic E-state index is 16.6. The van der Waals surface area contributed by atoms with Gasteiger partial charge in [-0.05, 0) is 48.1 Å². The van der Waals surface area contributed by atoms with Crippen molar-refractivity contribution in [2.45, 2.75) is 31.1 Å². The van der Waals surface area contributed by atoms with Gasteiger partial charge in [-0.2, -0.15) is 23.4 Å². The Kier molecular flexibility index (Phi) is 7.65. The summed E-state index contributed by atoms with van der Waals surface area (Å²) in [6.07, 6.45) is 2.52. The molecule has 0 radical (unpaired) electrons. The number of piperazine rings is 1. The fourth-order valence-electron chi connectivity index (χ4n) is 5.79. The molecule has 2 fully saturated rings. The van der Waals surface area contributed by atoms with Gasteiger partial charge < -0.3 is 20.4 Å². The van der Waals surface area contributed by atoms with E-state index >= 15 is 4.39 Å². The molecule has 4 aromatic rings. The third kappa shape index (κ3) is 5.24. The molecule has 9 nitrogen and oxygen atoms in total. The number of aryl methyl sites for hydroxylation is 1. The van der Waals surface area contributed by atoms with Gasteiger partial charge in [-0.15, -0.1) is 6.42 Å². The molecule has 2 unspecified atom stereocenters. The zero-order valence-electron chi connectivity index (χ0n) is 22.8. The molecule has 0 aliphatic carbocycles. The highest BCUT2D eigenvalue weighted by atomic mass is 19.4. The average Bonchev–Trinajstić information content (AvgIpc) is 3.31. The van der Waals surface area contributed by atoms with E-state index in [4.69, 9.17) is 16.3 Å². The van der Waals surface area contributed by atoms with Gasteiger partial charge >= 0.3 is 17.8 Å². The summed E-state index contributed by atoms with van der Waals surface area (Å²) < 4.78 is 64.1. The van der Waals surface area contributed by atoms with Crippen molar-refractivity contribution in [1.82, 2.24) is 14.9 Å². The van der Waals surface area contributed by atoms with E-state index in [9.17, 15) is 32.7 Å². The van der Waals surface area contributed by atoms with Gasteiger partial charge in [0.05, 0.1) is 22.7 Å². The van der Waals surface area contributed by atoms with E-state index in [0.717, 1.165) is 17.4 Å². The molecule has 226 valence electrons. The molecule has 2 aliphatic rings. The highest BCUT2D eigenvalue weighted by Gasteiger charge is 2.38. The van der Waals surface area contributed by atoms with Crippen LogP contribution < -0.4 is 15.9 Å². The second-order valence-electron chi connectivity index (χ2n) is 10.4. The van der Waals surface area contributed by atoms with Crippen molar-refractivity contribution in [3.05, 3.63) is 63.6 Å². The van der Waals surface area contributed by atoms with Crippen LogP contribution in [0.5, 0.6) is 5.75 Å². The Labute approximate surface area is 245 Å². The zero-order chi connectivity index (χ0) is 32.1. The lowest BCUT2D eigenvalue weighted by molar-refractivity contribution is -0.192. The maximum absolute atomic E-state index is 16.6. The first-order valence-electron chi connectivity index (χ1n) is 13.1. The fourth-order valence-corrected chi connectivity index (χ4v) is 5.79. The normalized spacial score (nSPS) is 17.6. The van der Waals surface area contributed by atoms with Crippen LogP contribution in [-0.4, -0.2) is 57.1 Å². The average molecular weight is 612 g/mol. The minimum Gasteiger partial charge on any atom is -0.508 e. The lowest BCUT2D eigenvalue weighted by Gasteiger charge is -2.34. The van der Waals surface area contributed by atoms with E-state index < -0.39 is 29.5 Å². The number of nitrogens with zero attached hydrogens (tertiary/aromatic N) is 4. The zero-order valence-corrected chi connectivity index (χ0v) is 22.8. The maximum Gasteiger partial charge on any atom is 0.490 e. The van der Waals surface area contributed by atoms with Crippen LogP contribution in [0.15, 0.2) is 35.1 Å². The minimum absolute atomic E-state index is 0.0370. The smallest absolute Gasteiger partial charge is 0.490 e. The second-order valence-corrected chi connectivity index (χ2v) is 10.4. The van der Waals surface area contributed by atoms with E-state index in [2.05, 4.69) is 16.2 Å². The number of hydrogen-bond donors (Lipinski definition) is 3. The number of nitrogens with one attached hydrogen (secondary N) is 1. The number of hydrogen-bond acceptors (Lipinski definition) is 7. The monoisotopic (exact) mass is 611 g/mol. The quantitative estimate of drug-likeness (QED) is 0.228.